The van der Waals surface area contributed by atoms with E-state index < -0.39 is 17.2 Å². The topological polar surface area (TPSA) is 70.6 Å². The van der Waals surface area contributed by atoms with Crippen LogP contribution in [0.3, 0.4) is 0 Å². The molecule has 1 aromatic carbocycles. The van der Waals surface area contributed by atoms with Crippen molar-refractivity contribution in [3.05, 3.63) is 29.8 Å². The second-order valence-electron chi connectivity index (χ2n) is 5.12. The van der Waals surface area contributed by atoms with Gasteiger partial charge in [0.05, 0.1) is 5.56 Å². The van der Waals surface area contributed by atoms with Gasteiger partial charge in [0.1, 0.15) is 5.84 Å². The van der Waals surface area contributed by atoms with E-state index in [0.717, 1.165) is 12.1 Å². The molecule has 112 valence electrons. The van der Waals surface area contributed by atoms with Crippen LogP contribution in [-0.2, 0) is 6.18 Å². The van der Waals surface area contributed by atoms with E-state index in [1.165, 1.54) is 6.07 Å². The molecule has 0 fully saturated rings. The molecule has 7 heteroatoms. The van der Waals surface area contributed by atoms with Crippen molar-refractivity contribution in [1.29, 1.82) is 0 Å². The Balaban J connectivity index is 2.64. The Labute approximate surface area is 115 Å². The van der Waals surface area contributed by atoms with Crippen LogP contribution in [-0.4, -0.2) is 17.6 Å². The fourth-order valence-corrected chi connectivity index (χ4v) is 1.59. The van der Waals surface area contributed by atoms with E-state index in [2.05, 4.69) is 10.5 Å². The minimum atomic E-state index is -4.36. The Bertz CT molecular complexity index is 484. The van der Waals surface area contributed by atoms with Gasteiger partial charge in [-0.15, -0.1) is 0 Å². The van der Waals surface area contributed by atoms with E-state index in [-0.39, 0.29) is 5.84 Å². The van der Waals surface area contributed by atoms with Crippen molar-refractivity contribution in [1.82, 2.24) is 0 Å². The normalized spacial score (nSPS) is 13.3. The Hall–Kier alpha value is -1.92. The van der Waals surface area contributed by atoms with Crippen LogP contribution < -0.4 is 11.1 Å². The van der Waals surface area contributed by atoms with Crippen LogP contribution in [0.2, 0.25) is 0 Å². The predicted octanol–water partition coefficient (Wildman–Crippen LogP) is 3.28. The van der Waals surface area contributed by atoms with E-state index in [4.69, 9.17) is 10.9 Å². The molecule has 4 nitrogen and oxygen atoms in total. The van der Waals surface area contributed by atoms with Crippen molar-refractivity contribution >= 4 is 11.5 Å². The maximum absolute atomic E-state index is 12.5. The van der Waals surface area contributed by atoms with Gasteiger partial charge >= 0.3 is 6.18 Å². The van der Waals surface area contributed by atoms with Gasteiger partial charge in [-0.2, -0.15) is 13.2 Å². The molecule has 0 radical (unpaired) electrons. The zero-order valence-corrected chi connectivity index (χ0v) is 11.3. The number of nitrogens with zero attached hydrogens (tertiary/aromatic N) is 1. The zero-order chi connectivity index (χ0) is 15.4. The fraction of sp³-hybridized carbons (Fsp3) is 0.462. The Morgan fingerprint density at radius 3 is 2.55 bits per heavy atom. The van der Waals surface area contributed by atoms with Crippen molar-refractivity contribution in [2.75, 3.05) is 11.9 Å². The van der Waals surface area contributed by atoms with Crippen molar-refractivity contribution in [3.8, 4) is 0 Å². The summed E-state index contributed by atoms with van der Waals surface area (Å²) < 4.78 is 37.6. The van der Waals surface area contributed by atoms with Crippen LogP contribution in [0.15, 0.2) is 29.4 Å². The lowest BCUT2D eigenvalue weighted by Crippen LogP contribution is -2.33. The van der Waals surface area contributed by atoms with Crippen molar-refractivity contribution in [2.24, 2.45) is 16.3 Å². The summed E-state index contributed by atoms with van der Waals surface area (Å²) >= 11 is 0. The molecule has 1 rings (SSSR count). The maximum atomic E-state index is 12.5. The van der Waals surface area contributed by atoms with E-state index >= 15 is 0 Å². The number of nitrogens with one attached hydrogen (secondary N) is 1. The van der Waals surface area contributed by atoms with Gasteiger partial charge in [-0.05, 0) is 24.6 Å². The lowest BCUT2D eigenvalue weighted by atomic mass is 9.88. The molecule has 1 aromatic rings. The monoisotopic (exact) mass is 289 g/mol. The van der Waals surface area contributed by atoms with Gasteiger partial charge in [-0.1, -0.05) is 25.1 Å². The fourth-order valence-electron chi connectivity index (χ4n) is 1.59. The van der Waals surface area contributed by atoms with Gasteiger partial charge < -0.3 is 16.3 Å². The lowest BCUT2D eigenvalue weighted by molar-refractivity contribution is -0.137. The summed E-state index contributed by atoms with van der Waals surface area (Å²) in [6, 6.07) is 4.98. The summed E-state index contributed by atoms with van der Waals surface area (Å²) in [5.74, 6) is 0.0864. The highest BCUT2D eigenvalue weighted by molar-refractivity contribution is 5.85. The first-order chi connectivity index (χ1) is 9.16. The molecule has 0 aliphatic carbocycles. The van der Waals surface area contributed by atoms with Crippen LogP contribution in [0, 0.1) is 5.41 Å². The first kappa shape index (κ1) is 16.1. The number of anilines is 1. The highest BCUT2D eigenvalue weighted by Gasteiger charge is 2.30. The largest absolute Gasteiger partial charge is 0.416 e. The van der Waals surface area contributed by atoms with E-state index in [1.54, 1.807) is 19.9 Å². The smallest absolute Gasteiger partial charge is 0.409 e. The van der Waals surface area contributed by atoms with Crippen molar-refractivity contribution < 1.29 is 18.4 Å². The number of halogens is 3. The third-order valence-electron chi connectivity index (χ3n) is 3.07. The molecule has 0 aliphatic heterocycles. The number of hydrogen-bond donors (Lipinski definition) is 3. The standard InChI is InChI=1S/C13H18F3N3O/c1-12(2,11(17)19-20)6-7-18-10-5-3-4-9(8-10)13(14,15)16/h3-5,8,18,20H,6-7H2,1-2H3,(H2,17,19). The molecule has 0 unspecified atom stereocenters. The third-order valence-corrected chi connectivity index (χ3v) is 3.07. The minimum Gasteiger partial charge on any atom is -0.409 e. The summed E-state index contributed by atoms with van der Waals surface area (Å²) in [5.41, 5.74) is 4.68. The van der Waals surface area contributed by atoms with Crippen molar-refractivity contribution in [3.63, 3.8) is 0 Å². The van der Waals surface area contributed by atoms with Gasteiger partial charge in [-0.3, -0.25) is 0 Å². The molecule has 0 amide bonds. The molecule has 0 aromatic heterocycles. The second-order valence-corrected chi connectivity index (χ2v) is 5.12. The van der Waals surface area contributed by atoms with Gasteiger partial charge in [0.15, 0.2) is 0 Å². The zero-order valence-electron chi connectivity index (χ0n) is 11.3. The number of oxime groups is 1. The average molecular weight is 289 g/mol. The Morgan fingerprint density at radius 2 is 2.00 bits per heavy atom. The summed E-state index contributed by atoms with van der Waals surface area (Å²) in [4.78, 5) is 0. The quantitative estimate of drug-likeness (QED) is 0.337. The first-order valence-electron chi connectivity index (χ1n) is 6.06. The SMILES string of the molecule is CC(C)(CCNc1cccc(C(F)(F)F)c1)C(N)=NO. The first-order valence-corrected chi connectivity index (χ1v) is 6.06. The number of benzene rings is 1. The summed E-state index contributed by atoms with van der Waals surface area (Å²) in [6.07, 6.45) is -3.84. The van der Waals surface area contributed by atoms with Crippen LogP contribution in [0.1, 0.15) is 25.8 Å². The van der Waals surface area contributed by atoms with Crippen LogP contribution in [0.4, 0.5) is 18.9 Å². The number of alkyl halides is 3. The van der Waals surface area contributed by atoms with Crippen molar-refractivity contribution in [2.45, 2.75) is 26.4 Å². The van der Waals surface area contributed by atoms with Gasteiger partial charge in [0.2, 0.25) is 0 Å². The molecular weight excluding hydrogens is 271 g/mol. The maximum Gasteiger partial charge on any atom is 0.416 e. The second kappa shape index (κ2) is 6.02. The highest BCUT2D eigenvalue weighted by Crippen LogP contribution is 2.30. The van der Waals surface area contributed by atoms with E-state index in [0.29, 0.717) is 18.7 Å². The Morgan fingerprint density at radius 1 is 1.35 bits per heavy atom. The average Bonchev–Trinajstić information content (AvgIpc) is 2.37. The van der Waals surface area contributed by atoms with Gasteiger partial charge in [0.25, 0.3) is 0 Å². The Kier molecular flexibility index (Phi) is 4.86. The lowest BCUT2D eigenvalue weighted by Gasteiger charge is -2.23. The molecule has 0 bridgehead atoms. The number of nitrogens with two attached hydrogens (primary N) is 1. The van der Waals surface area contributed by atoms with Crippen LogP contribution in [0.25, 0.3) is 0 Å². The van der Waals surface area contributed by atoms with Gasteiger partial charge in [-0.25, -0.2) is 0 Å². The van der Waals surface area contributed by atoms with E-state index in [9.17, 15) is 13.2 Å². The molecule has 20 heavy (non-hydrogen) atoms. The molecule has 0 aliphatic rings. The van der Waals surface area contributed by atoms with Crippen LogP contribution in [0.5, 0.6) is 0 Å². The predicted molar refractivity (Wildman–Crippen MR) is 71.7 cm³/mol. The molecule has 0 saturated heterocycles. The number of amidine groups is 1. The van der Waals surface area contributed by atoms with E-state index in [1.807, 2.05) is 0 Å². The molecule has 4 N–H and O–H groups in total. The van der Waals surface area contributed by atoms with Crippen LogP contribution >= 0.6 is 0 Å². The van der Waals surface area contributed by atoms with Gasteiger partial charge in [0, 0.05) is 17.6 Å². The molecule has 0 spiro atoms. The molecule has 0 heterocycles. The summed E-state index contributed by atoms with van der Waals surface area (Å²) in [7, 11) is 0. The molecular formula is C13H18F3N3O. The molecule has 0 saturated carbocycles. The summed E-state index contributed by atoms with van der Waals surface area (Å²) in [5, 5.41) is 14.5. The number of rotatable bonds is 5. The third kappa shape index (κ3) is 4.32. The molecule has 0 atom stereocenters. The minimum absolute atomic E-state index is 0.0864. The number of hydrogen-bond acceptors (Lipinski definition) is 3. The highest BCUT2D eigenvalue weighted by atomic mass is 19.4. The summed E-state index contributed by atoms with van der Waals surface area (Å²) in [6.45, 7) is 3.98.